The average Bonchev–Trinajstić information content (AvgIpc) is 2.70. The Balaban J connectivity index is 1.95. The van der Waals surface area contributed by atoms with E-state index in [1.54, 1.807) is 24.3 Å². The lowest BCUT2D eigenvalue weighted by Crippen LogP contribution is -2.38. The molecule has 0 unspecified atom stereocenters. The van der Waals surface area contributed by atoms with E-state index in [2.05, 4.69) is 5.32 Å². The van der Waals surface area contributed by atoms with E-state index in [1.165, 1.54) is 30.3 Å². The van der Waals surface area contributed by atoms with E-state index >= 15 is 0 Å². The van der Waals surface area contributed by atoms with Crippen LogP contribution in [-0.4, -0.2) is 20.9 Å². The van der Waals surface area contributed by atoms with Crippen molar-refractivity contribution < 1.29 is 17.6 Å². The molecule has 3 aromatic carbocycles. The molecule has 3 aromatic rings. The molecular weight excluding hydrogens is 403 g/mol. The van der Waals surface area contributed by atoms with Crippen molar-refractivity contribution in [3.8, 4) is 0 Å². The largest absolute Gasteiger partial charge is 0.325 e. The van der Waals surface area contributed by atoms with Gasteiger partial charge in [-0.15, -0.1) is 0 Å². The summed E-state index contributed by atoms with van der Waals surface area (Å²) in [6, 6.07) is 17.1. The highest BCUT2D eigenvalue weighted by atomic mass is 32.2. The fourth-order valence-electron chi connectivity index (χ4n) is 2.94. The zero-order valence-electron chi connectivity index (χ0n) is 17.0. The smallest absolute Gasteiger partial charge is 0.264 e. The third kappa shape index (κ3) is 4.68. The van der Waals surface area contributed by atoms with Crippen molar-refractivity contribution in [3.05, 3.63) is 89.2 Å². The summed E-state index contributed by atoms with van der Waals surface area (Å²) in [5, 5.41) is 2.69. The van der Waals surface area contributed by atoms with E-state index in [9.17, 15) is 17.6 Å². The molecule has 0 fully saturated rings. The number of sulfonamides is 1. The fraction of sp³-hybridized carbons (Fsp3) is 0.174. The van der Waals surface area contributed by atoms with E-state index in [-0.39, 0.29) is 10.6 Å². The van der Waals surface area contributed by atoms with Gasteiger partial charge in [-0.05, 0) is 68.3 Å². The quantitative estimate of drug-likeness (QED) is 0.627. The van der Waals surface area contributed by atoms with Crippen LogP contribution in [0, 0.1) is 26.6 Å². The molecule has 7 heteroatoms. The molecule has 0 atom stereocenters. The first-order valence-electron chi connectivity index (χ1n) is 9.39. The summed E-state index contributed by atoms with van der Waals surface area (Å²) in [6.45, 7) is 5.14. The molecule has 0 aromatic heterocycles. The number of halogens is 1. The van der Waals surface area contributed by atoms with Gasteiger partial charge >= 0.3 is 0 Å². The van der Waals surface area contributed by atoms with Crippen LogP contribution < -0.4 is 9.62 Å². The van der Waals surface area contributed by atoms with Crippen LogP contribution >= 0.6 is 0 Å². The molecular formula is C23H23FN2O3S. The molecule has 156 valence electrons. The van der Waals surface area contributed by atoms with Crippen LogP contribution in [0.4, 0.5) is 15.8 Å². The number of hydrogen-bond acceptors (Lipinski definition) is 3. The summed E-state index contributed by atoms with van der Waals surface area (Å²) < 4.78 is 41.8. The molecule has 1 N–H and O–H groups in total. The van der Waals surface area contributed by atoms with Crippen LogP contribution in [0.1, 0.15) is 16.7 Å². The lowest BCUT2D eigenvalue weighted by Gasteiger charge is -2.24. The molecule has 3 rings (SSSR count). The maximum atomic E-state index is 14.5. The normalized spacial score (nSPS) is 11.2. The molecule has 0 saturated heterocycles. The van der Waals surface area contributed by atoms with Crippen LogP contribution in [0.15, 0.2) is 71.6 Å². The van der Waals surface area contributed by atoms with Gasteiger partial charge in [0.15, 0.2) is 0 Å². The summed E-state index contributed by atoms with van der Waals surface area (Å²) in [5.41, 5.74) is 3.31. The monoisotopic (exact) mass is 426 g/mol. The van der Waals surface area contributed by atoms with Crippen molar-refractivity contribution in [1.82, 2.24) is 0 Å². The van der Waals surface area contributed by atoms with Gasteiger partial charge in [0.25, 0.3) is 10.0 Å². The van der Waals surface area contributed by atoms with Gasteiger partial charge in [-0.2, -0.15) is 0 Å². The molecule has 0 saturated carbocycles. The van der Waals surface area contributed by atoms with Crippen LogP contribution in [0.3, 0.4) is 0 Å². The highest BCUT2D eigenvalue weighted by molar-refractivity contribution is 7.92. The molecule has 0 spiro atoms. The Morgan fingerprint density at radius 1 is 0.933 bits per heavy atom. The molecule has 0 bridgehead atoms. The maximum Gasteiger partial charge on any atom is 0.264 e. The zero-order valence-corrected chi connectivity index (χ0v) is 17.8. The topological polar surface area (TPSA) is 66.5 Å². The predicted octanol–water partition coefficient (Wildman–Crippen LogP) is 4.58. The number of amides is 1. The number of aryl methyl sites for hydroxylation is 3. The number of anilines is 2. The van der Waals surface area contributed by atoms with Gasteiger partial charge in [-0.1, -0.05) is 35.9 Å². The van der Waals surface area contributed by atoms with Gasteiger partial charge in [-0.3, -0.25) is 9.10 Å². The van der Waals surface area contributed by atoms with Crippen LogP contribution in [0.2, 0.25) is 0 Å². The first-order valence-corrected chi connectivity index (χ1v) is 10.8. The number of carbonyl (C=O) groups excluding carboxylic acids is 1. The third-order valence-electron chi connectivity index (χ3n) is 4.81. The second-order valence-corrected chi connectivity index (χ2v) is 8.99. The standard InChI is InChI=1S/C23H23FN2O3S/c1-16-8-12-20(13-9-16)30(28,29)26(22-7-5-4-6-21(22)24)15-23(27)25-19-11-10-17(2)18(3)14-19/h4-14H,15H2,1-3H3,(H,25,27). The highest BCUT2D eigenvalue weighted by Gasteiger charge is 2.29. The van der Waals surface area contributed by atoms with E-state index in [0.717, 1.165) is 27.1 Å². The van der Waals surface area contributed by atoms with E-state index in [4.69, 9.17) is 0 Å². The summed E-state index contributed by atoms with van der Waals surface area (Å²) in [5.74, 6) is -1.30. The van der Waals surface area contributed by atoms with E-state index in [1.807, 2.05) is 26.8 Å². The average molecular weight is 427 g/mol. The van der Waals surface area contributed by atoms with Gasteiger partial charge in [-0.25, -0.2) is 12.8 Å². The number of benzene rings is 3. The summed E-state index contributed by atoms with van der Waals surface area (Å²) >= 11 is 0. The second kappa shape index (κ2) is 8.67. The Morgan fingerprint density at radius 3 is 2.23 bits per heavy atom. The summed E-state index contributed by atoms with van der Waals surface area (Å²) in [7, 11) is -4.16. The summed E-state index contributed by atoms with van der Waals surface area (Å²) in [4.78, 5) is 12.7. The minimum atomic E-state index is -4.16. The molecule has 0 aliphatic carbocycles. The number of carbonyl (C=O) groups is 1. The van der Waals surface area contributed by atoms with Crippen molar-refractivity contribution in [2.45, 2.75) is 25.7 Å². The summed E-state index contributed by atoms with van der Waals surface area (Å²) in [6.07, 6.45) is 0. The van der Waals surface area contributed by atoms with Crippen LogP contribution in [0.5, 0.6) is 0 Å². The van der Waals surface area contributed by atoms with Gasteiger partial charge in [0.05, 0.1) is 10.6 Å². The van der Waals surface area contributed by atoms with Crippen molar-refractivity contribution in [2.75, 3.05) is 16.2 Å². The Morgan fingerprint density at radius 2 is 1.60 bits per heavy atom. The predicted molar refractivity (Wildman–Crippen MR) is 117 cm³/mol. The van der Waals surface area contributed by atoms with Crippen LogP contribution in [-0.2, 0) is 14.8 Å². The Bertz CT molecular complexity index is 1180. The molecule has 30 heavy (non-hydrogen) atoms. The maximum absolute atomic E-state index is 14.5. The van der Waals surface area contributed by atoms with Crippen LogP contribution in [0.25, 0.3) is 0 Å². The Hall–Kier alpha value is -3.19. The minimum Gasteiger partial charge on any atom is -0.325 e. The van der Waals surface area contributed by atoms with E-state index < -0.39 is 28.3 Å². The number of nitrogens with one attached hydrogen (secondary N) is 1. The van der Waals surface area contributed by atoms with Crippen molar-refractivity contribution in [2.24, 2.45) is 0 Å². The number of para-hydroxylation sites is 1. The van der Waals surface area contributed by atoms with Gasteiger partial charge < -0.3 is 5.32 Å². The molecule has 0 aliphatic heterocycles. The van der Waals surface area contributed by atoms with Crippen molar-refractivity contribution in [3.63, 3.8) is 0 Å². The molecule has 1 amide bonds. The van der Waals surface area contributed by atoms with Gasteiger partial charge in [0.2, 0.25) is 5.91 Å². The lowest BCUT2D eigenvalue weighted by molar-refractivity contribution is -0.114. The van der Waals surface area contributed by atoms with Crippen molar-refractivity contribution >= 4 is 27.3 Å². The zero-order chi connectivity index (χ0) is 21.9. The van der Waals surface area contributed by atoms with Gasteiger partial charge in [0.1, 0.15) is 12.4 Å². The molecule has 0 aliphatic rings. The first kappa shape index (κ1) is 21.5. The van der Waals surface area contributed by atoms with E-state index in [0.29, 0.717) is 5.69 Å². The molecule has 0 heterocycles. The number of nitrogens with zero attached hydrogens (tertiary/aromatic N) is 1. The molecule has 5 nitrogen and oxygen atoms in total. The SMILES string of the molecule is Cc1ccc(S(=O)(=O)N(CC(=O)Nc2ccc(C)c(C)c2)c2ccccc2F)cc1. The second-order valence-electron chi connectivity index (χ2n) is 7.12. The fourth-order valence-corrected chi connectivity index (χ4v) is 4.37. The molecule has 0 radical (unpaired) electrons. The van der Waals surface area contributed by atoms with Crippen molar-refractivity contribution in [1.29, 1.82) is 0 Å². The first-order chi connectivity index (χ1) is 14.2. The number of rotatable bonds is 6. The minimum absolute atomic E-state index is 0.0182. The lowest BCUT2D eigenvalue weighted by atomic mass is 10.1. The third-order valence-corrected chi connectivity index (χ3v) is 6.58. The highest BCUT2D eigenvalue weighted by Crippen LogP contribution is 2.26. The Kier molecular flexibility index (Phi) is 6.22. The van der Waals surface area contributed by atoms with Gasteiger partial charge in [0, 0.05) is 5.69 Å². The number of hydrogen-bond donors (Lipinski definition) is 1. The Labute approximate surface area is 176 Å².